The van der Waals surface area contributed by atoms with Crippen molar-refractivity contribution in [2.75, 3.05) is 13.1 Å². The number of fused-ring (bicyclic) bond motifs is 3. The summed E-state index contributed by atoms with van der Waals surface area (Å²) in [6, 6.07) is 19.5. The number of amides is 1. The first-order valence-corrected chi connectivity index (χ1v) is 12.9. The van der Waals surface area contributed by atoms with Crippen molar-refractivity contribution < 1.29 is 19.5 Å². The average Bonchev–Trinajstić information content (AvgIpc) is 3.56. The lowest BCUT2D eigenvalue weighted by Gasteiger charge is -2.31. The molecule has 1 saturated heterocycles. The van der Waals surface area contributed by atoms with Gasteiger partial charge in [0.15, 0.2) is 5.71 Å². The van der Waals surface area contributed by atoms with Crippen molar-refractivity contribution in [1.29, 1.82) is 0 Å². The topological polar surface area (TPSA) is 83.4 Å². The number of rotatable bonds is 8. The van der Waals surface area contributed by atoms with E-state index in [9.17, 15) is 9.90 Å². The smallest absolute Gasteiger partial charge is 0.274 e. The molecule has 0 spiro atoms. The summed E-state index contributed by atoms with van der Waals surface area (Å²) in [5, 5.41) is 20.6. The number of likely N-dealkylation sites (tertiary alicyclic amines) is 1. The van der Waals surface area contributed by atoms with E-state index in [0.29, 0.717) is 19.1 Å². The highest BCUT2D eigenvalue weighted by molar-refractivity contribution is 6.46. The van der Waals surface area contributed by atoms with Gasteiger partial charge in [0, 0.05) is 24.2 Å². The molecule has 3 aromatic rings. The van der Waals surface area contributed by atoms with Gasteiger partial charge in [-0.25, -0.2) is 0 Å². The number of oxime groups is 1. The van der Waals surface area contributed by atoms with E-state index in [1.54, 1.807) is 0 Å². The molecular weight excluding hydrogens is 454 g/mol. The Morgan fingerprint density at radius 1 is 1.08 bits per heavy atom. The van der Waals surface area contributed by atoms with Gasteiger partial charge in [0.1, 0.15) is 18.6 Å². The second kappa shape index (κ2) is 9.91. The molecule has 0 bridgehead atoms. The molecule has 0 radical (unpaired) electrons. The fourth-order valence-electron chi connectivity index (χ4n) is 5.15. The van der Waals surface area contributed by atoms with Crippen molar-refractivity contribution in [1.82, 2.24) is 10.2 Å². The van der Waals surface area contributed by atoms with Gasteiger partial charge in [0.2, 0.25) is 0 Å². The predicted octanol–water partition coefficient (Wildman–Crippen LogP) is 3.76. The number of carbonyl (C=O) groups excluding carboxylic acids is 1. The van der Waals surface area contributed by atoms with Crippen LogP contribution in [0.3, 0.4) is 0 Å². The molecule has 3 aliphatic rings. The van der Waals surface area contributed by atoms with Gasteiger partial charge in [-0.15, -0.1) is 0 Å². The van der Waals surface area contributed by atoms with E-state index in [-0.39, 0.29) is 11.6 Å². The molecule has 1 aliphatic carbocycles. The Hall–Kier alpha value is -3.42. The van der Waals surface area contributed by atoms with E-state index in [1.165, 1.54) is 0 Å². The Morgan fingerprint density at radius 2 is 1.86 bits per heavy atom. The van der Waals surface area contributed by atoms with Crippen molar-refractivity contribution in [3.05, 3.63) is 77.4 Å². The number of benzene rings is 3. The van der Waals surface area contributed by atoms with Gasteiger partial charge in [0.25, 0.3) is 5.91 Å². The molecular formula is C29H31N3O4. The SMILES string of the molecule is O=C(N[C@H](Cc1ccc(OC2CC2)cc1)C(O)N1CCCC1)C1=NOCc2c1ccc1ccccc21. The largest absolute Gasteiger partial charge is 0.490 e. The monoisotopic (exact) mass is 485 g/mol. The second-order valence-corrected chi connectivity index (χ2v) is 9.93. The third-order valence-electron chi connectivity index (χ3n) is 7.27. The summed E-state index contributed by atoms with van der Waals surface area (Å²) in [5.41, 5.74) is 2.99. The summed E-state index contributed by atoms with van der Waals surface area (Å²) < 4.78 is 5.86. The molecule has 1 unspecified atom stereocenters. The van der Waals surface area contributed by atoms with Crippen LogP contribution in [-0.4, -0.2) is 53.1 Å². The van der Waals surface area contributed by atoms with Crippen LogP contribution in [0.4, 0.5) is 0 Å². The summed E-state index contributed by atoms with van der Waals surface area (Å²) in [6.45, 7) is 1.96. The Kier molecular flexibility index (Phi) is 6.34. The molecule has 3 aromatic carbocycles. The minimum absolute atomic E-state index is 0.244. The molecule has 186 valence electrons. The van der Waals surface area contributed by atoms with E-state index < -0.39 is 12.3 Å². The van der Waals surface area contributed by atoms with E-state index in [0.717, 1.165) is 72.0 Å². The fraction of sp³-hybridized carbons (Fsp3) is 0.379. The van der Waals surface area contributed by atoms with Crippen LogP contribution in [0.5, 0.6) is 5.75 Å². The molecule has 2 atom stereocenters. The summed E-state index contributed by atoms with van der Waals surface area (Å²) >= 11 is 0. The Balaban J connectivity index is 1.23. The Bertz CT molecular complexity index is 1280. The number of aliphatic hydroxyl groups is 1. The maximum Gasteiger partial charge on any atom is 0.274 e. The van der Waals surface area contributed by atoms with Crippen LogP contribution in [0.1, 0.15) is 42.4 Å². The van der Waals surface area contributed by atoms with E-state index in [2.05, 4.69) is 10.5 Å². The van der Waals surface area contributed by atoms with Gasteiger partial charge in [0.05, 0.1) is 12.1 Å². The highest BCUT2D eigenvalue weighted by atomic mass is 16.6. The lowest BCUT2D eigenvalue weighted by atomic mass is 9.95. The number of aliphatic hydroxyl groups excluding tert-OH is 1. The molecule has 7 nitrogen and oxygen atoms in total. The highest BCUT2D eigenvalue weighted by Gasteiger charge is 2.32. The first-order valence-electron chi connectivity index (χ1n) is 12.9. The number of carbonyl (C=O) groups is 1. The third-order valence-corrected chi connectivity index (χ3v) is 7.27. The highest BCUT2D eigenvalue weighted by Crippen LogP contribution is 2.28. The van der Waals surface area contributed by atoms with Crippen molar-refractivity contribution in [2.24, 2.45) is 5.16 Å². The first kappa shape index (κ1) is 23.0. The maximum atomic E-state index is 13.5. The lowest BCUT2D eigenvalue weighted by Crippen LogP contribution is -2.53. The molecule has 2 heterocycles. The maximum absolute atomic E-state index is 13.5. The van der Waals surface area contributed by atoms with Crippen LogP contribution in [-0.2, 0) is 22.7 Å². The number of nitrogens with zero attached hydrogens (tertiary/aromatic N) is 2. The van der Waals surface area contributed by atoms with Crippen LogP contribution in [0.2, 0.25) is 0 Å². The predicted molar refractivity (Wildman–Crippen MR) is 138 cm³/mol. The van der Waals surface area contributed by atoms with Gasteiger partial charge in [-0.1, -0.05) is 53.7 Å². The van der Waals surface area contributed by atoms with Gasteiger partial charge in [-0.3, -0.25) is 9.69 Å². The van der Waals surface area contributed by atoms with Gasteiger partial charge < -0.3 is 20.0 Å². The molecule has 2 fully saturated rings. The molecule has 36 heavy (non-hydrogen) atoms. The minimum atomic E-state index is -0.792. The van der Waals surface area contributed by atoms with E-state index >= 15 is 0 Å². The molecule has 1 saturated carbocycles. The molecule has 7 heteroatoms. The second-order valence-electron chi connectivity index (χ2n) is 9.93. The molecule has 1 amide bonds. The Morgan fingerprint density at radius 3 is 2.64 bits per heavy atom. The molecule has 0 aromatic heterocycles. The third kappa shape index (κ3) is 4.81. The zero-order chi connectivity index (χ0) is 24.5. The normalized spacial score (nSPS) is 19.2. The Labute approximate surface area is 210 Å². The van der Waals surface area contributed by atoms with Crippen molar-refractivity contribution in [2.45, 2.75) is 57.1 Å². The fourth-order valence-corrected chi connectivity index (χ4v) is 5.15. The van der Waals surface area contributed by atoms with E-state index in [1.807, 2.05) is 65.6 Å². The van der Waals surface area contributed by atoms with Gasteiger partial charge >= 0.3 is 0 Å². The van der Waals surface area contributed by atoms with Crippen molar-refractivity contribution in [3.8, 4) is 5.75 Å². The summed E-state index contributed by atoms with van der Waals surface area (Å²) in [4.78, 5) is 21.1. The van der Waals surface area contributed by atoms with Crippen LogP contribution in [0.25, 0.3) is 10.8 Å². The van der Waals surface area contributed by atoms with Crippen LogP contribution >= 0.6 is 0 Å². The summed E-state index contributed by atoms with van der Waals surface area (Å²) in [6.07, 6.45) is 4.37. The van der Waals surface area contributed by atoms with Gasteiger partial charge in [-0.05, 0) is 60.6 Å². The van der Waals surface area contributed by atoms with E-state index in [4.69, 9.17) is 9.57 Å². The van der Waals surface area contributed by atoms with Crippen molar-refractivity contribution >= 4 is 22.4 Å². The van der Waals surface area contributed by atoms with Crippen LogP contribution in [0.15, 0.2) is 65.8 Å². The van der Waals surface area contributed by atoms with Crippen LogP contribution in [0, 0.1) is 0 Å². The van der Waals surface area contributed by atoms with Crippen LogP contribution < -0.4 is 10.1 Å². The summed E-state index contributed by atoms with van der Waals surface area (Å²) in [7, 11) is 0. The zero-order valence-corrected chi connectivity index (χ0v) is 20.2. The quantitative estimate of drug-likeness (QED) is 0.508. The molecule has 6 rings (SSSR count). The summed E-state index contributed by atoms with van der Waals surface area (Å²) in [5.74, 6) is 0.516. The number of ether oxygens (including phenoxy) is 1. The molecule has 2 N–H and O–H groups in total. The molecule has 2 aliphatic heterocycles. The number of nitrogens with one attached hydrogen (secondary N) is 1. The number of hydrogen-bond acceptors (Lipinski definition) is 6. The average molecular weight is 486 g/mol. The zero-order valence-electron chi connectivity index (χ0n) is 20.2. The van der Waals surface area contributed by atoms with Crippen molar-refractivity contribution in [3.63, 3.8) is 0 Å². The number of hydrogen-bond donors (Lipinski definition) is 2. The minimum Gasteiger partial charge on any atom is -0.490 e. The standard InChI is InChI=1S/C29H31N3O4/c33-28(27-24-14-9-20-5-1-2-6-23(20)25(24)18-35-31-27)30-26(29(34)32-15-3-4-16-32)17-19-7-10-21(11-8-19)36-22-12-13-22/h1-2,5-11,14,22,26,29,34H,3-4,12-13,15-18H2,(H,30,33)/t26-,29?/m1/s1. The van der Waals surface area contributed by atoms with Gasteiger partial charge in [-0.2, -0.15) is 0 Å². The first-order chi connectivity index (χ1) is 17.7. The lowest BCUT2D eigenvalue weighted by molar-refractivity contribution is -0.117.